The summed E-state index contributed by atoms with van der Waals surface area (Å²) in [5.41, 5.74) is -1.29. The molecule has 0 aliphatic carbocycles. The molecule has 1 aromatic rings. The second-order valence-electron chi connectivity index (χ2n) is 4.07. The first-order valence-electron chi connectivity index (χ1n) is 6.12. The largest absolute Gasteiger partial charge is 0.466 e. The summed E-state index contributed by atoms with van der Waals surface area (Å²) in [6.45, 7) is 3.23. The van der Waals surface area contributed by atoms with Crippen molar-refractivity contribution in [3.63, 3.8) is 0 Å². The number of rotatable bonds is 4. The van der Waals surface area contributed by atoms with E-state index in [1.54, 1.807) is 19.9 Å². The molecular weight excluding hydrogens is 271 g/mol. The van der Waals surface area contributed by atoms with Crippen LogP contribution in [0.3, 0.4) is 0 Å². The lowest BCUT2D eigenvalue weighted by molar-refractivity contribution is -0.143. The highest BCUT2D eigenvalue weighted by atomic mass is 19.4. The molecule has 0 spiro atoms. The topological polar surface area (TPSA) is 50.1 Å². The Hall–Kier alpha value is -2.03. The first-order valence-corrected chi connectivity index (χ1v) is 6.12. The van der Waals surface area contributed by atoms with Gasteiger partial charge in [0.1, 0.15) is 0 Å². The number of nitriles is 1. The van der Waals surface area contributed by atoms with Crippen LogP contribution in [0.2, 0.25) is 0 Å². The van der Waals surface area contributed by atoms with E-state index in [0.29, 0.717) is 0 Å². The lowest BCUT2D eigenvalue weighted by atomic mass is 9.92. The molecule has 0 saturated heterocycles. The predicted molar refractivity (Wildman–Crippen MR) is 65.9 cm³/mol. The lowest BCUT2D eigenvalue weighted by Crippen LogP contribution is -2.18. The van der Waals surface area contributed by atoms with Crippen LogP contribution >= 0.6 is 0 Å². The number of halogens is 3. The van der Waals surface area contributed by atoms with Crippen LogP contribution in [0.1, 0.15) is 36.1 Å². The zero-order valence-electron chi connectivity index (χ0n) is 11.2. The molecule has 0 aliphatic rings. The van der Waals surface area contributed by atoms with Gasteiger partial charge in [-0.05, 0) is 30.5 Å². The highest BCUT2D eigenvalue weighted by molar-refractivity contribution is 5.74. The summed E-state index contributed by atoms with van der Waals surface area (Å²) >= 11 is 0. The molecular formula is C14H14F3NO2. The zero-order valence-corrected chi connectivity index (χ0v) is 11.2. The van der Waals surface area contributed by atoms with E-state index in [1.165, 1.54) is 12.1 Å². The molecule has 0 saturated carbocycles. The molecule has 0 unspecified atom stereocenters. The van der Waals surface area contributed by atoms with Gasteiger partial charge in [-0.25, -0.2) is 0 Å². The van der Waals surface area contributed by atoms with Gasteiger partial charge in [-0.3, -0.25) is 4.79 Å². The monoisotopic (exact) mass is 285 g/mol. The van der Waals surface area contributed by atoms with E-state index in [9.17, 15) is 18.0 Å². The summed E-state index contributed by atoms with van der Waals surface area (Å²) in [6, 6.07) is 4.28. The van der Waals surface area contributed by atoms with E-state index >= 15 is 0 Å². The van der Waals surface area contributed by atoms with E-state index < -0.39 is 24.1 Å². The average Bonchev–Trinajstić information content (AvgIpc) is 2.36. The van der Waals surface area contributed by atoms with Gasteiger partial charge in [-0.1, -0.05) is 13.0 Å². The van der Waals surface area contributed by atoms with Crippen LogP contribution in [0.15, 0.2) is 12.1 Å². The van der Waals surface area contributed by atoms with Gasteiger partial charge in [0.15, 0.2) is 0 Å². The molecule has 0 heterocycles. The molecule has 0 atom stereocenters. The van der Waals surface area contributed by atoms with Crippen LogP contribution in [-0.2, 0) is 28.5 Å². The Labute approximate surface area is 115 Å². The van der Waals surface area contributed by atoms with Crippen LogP contribution in [0, 0.1) is 11.3 Å². The summed E-state index contributed by atoms with van der Waals surface area (Å²) in [5, 5.41) is 8.95. The van der Waals surface area contributed by atoms with Crippen LogP contribution < -0.4 is 0 Å². The van der Waals surface area contributed by atoms with Crippen LogP contribution in [-0.4, -0.2) is 12.6 Å². The maximum atomic E-state index is 13.2. The van der Waals surface area contributed by atoms with Gasteiger partial charge in [-0.2, -0.15) is 18.4 Å². The first-order chi connectivity index (χ1) is 9.35. The van der Waals surface area contributed by atoms with E-state index in [2.05, 4.69) is 4.74 Å². The van der Waals surface area contributed by atoms with Crippen molar-refractivity contribution in [1.82, 2.24) is 0 Å². The molecule has 108 valence electrons. The third-order valence-corrected chi connectivity index (χ3v) is 2.81. The van der Waals surface area contributed by atoms with Crippen molar-refractivity contribution in [2.45, 2.75) is 32.9 Å². The predicted octanol–water partition coefficient (Wildman–Crippen LogP) is 3.25. The van der Waals surface area contributed by atoms with Crippen LogP contribution in [0.5, 0.6) is 0 Å². The highest BCUT2D eigenvalue weighted by Gasteiger charge is 2.37. The summed E-state index contributed by atoms with van der Waals surface area (Å²) in [7, 11) is 0. The fourth-order valence-corrected chi connectivity index (χ4v) is 1.99. The Morgan fingerprint density at radius 1 is 1.35 bits per heavy atom. The van der Waals surface area contributed by atoms with Crippen molar-refractivity contribution in [1.29, 1.82) is 5.26 Å². The second kappa shape index (κ2) is 6.42. The number of carbonyl (C=O) groups excluding carboxylic acids is 1. The SMILES string of the molecule is CCOC(=O)Cc1c(C#N)ccc(CC)c1C(F)(F)F. The van der Waals surface area contributed by atoms with Gasteiger partial charge in [0.25, 0.3) is 0 Å². The Kier molecular flexibility index (Phi) is 5.14. The molecule has 0 bridgehead atoms. The molecule has 1 rings (SSSR count). The third kappa shape index (κ3) is 3.50. The Balaban J connectivity index is 3.44. The summed E-state index contributed by atoms with van der Waals surface area (Å²) < 4.78 is 44.2. The number of hydrogen-bond donors (Lipinski definition) is 0. The number of benzene rings is 1. The highest BCUT2D eigenvalue weighted by Crippen LogP contribution is 2.36. The minimum Gasteiger partial charge on any atom is -0.466 e. The standard InChI is InChI=1S/C14H14F3NO2/c1-3-9-5-6-10(8-18)11(7-12(19)20-4-2)13(9)14(15,16)17/h5-6H,3-4,7H2,1-2H3. The van der Waals surface area contributed by atoms with Crippen molar-refractivity contribution in [2.24, 2.45) is 0 Å². The van der Waals surface area contributed by atoms with E-state index in [-0.39, 0.29) is 29.7 Å². The Morgan fingerprint density at radius 3 is 2.45 bits per heavy atom. The van der Waals surface area contributed by atoms with Gasteiger partial charge in [0, 0.05) is 0 Å². The summed E-state index contributed by atoms with van der Waals surface area (Å²) in [4.78, 5) is 11.5. The second-order valence-corrected chi connectivity index (χ2v) is 4.07. The quantitative estimate of drug-likeness (QED) is 0.798. The van der Waals surface area contributed by atoms with E-state index in [1.807, 2.05) is 0 Å². The maximum Gasteiger partial charge on any atom is 0.417 e. The normalized spacial score (nSPS) is 11.0. The molecule has 0 aromatic heterocycles. The molecule has 0 N–H and O–H groups in total. The summed E-state index contributed by atoms with van der Waals surface area (Å²) in [5.74, 6) is -0.775. The first kappa shape index (κ1) is 16.0. The van der Waals surface area contributed by atoms with Crippen molar-refractivity contribution in [2.75, 3.05) is 6.61 Å². The van der Waals surface area contributed by atoms with Gasteiger partial charge in [0.2, 0.25) is 0 Å². The van der Waals surface area contributed by atoms with E-state index in [4.69, 9.17) is 5.26 Å². The fraction of sp³-hybridized carbons (Fsp3) is 0.429. The minimum absolute atomic E-state index is 0.0656. The van der Waals surface area contributed by atoms with Gasteiger partial charge >= 0.3 is 12.1 Å². The molecule has 0 aliphatic heterocycles. The number of ether oxygens (including phenoxy) is 1. The summed E-state index contributed by atoms with van der Waals surface area (Å²) in [6.07, 6.45) is -5.00. The van der Waals surface area contributed by atoms with Crippen LogP contribution in [0.25, 0.3) is 0 Å². The number of esters is 1. The smallest absolute Gasteiger partial charge is 0.417 e. The lowest BCUT2D eigenvalue weighted by Gasteiger charge is -2.17. The van der Waals surface area contributed by atoms with Gasteiger partial charge in [0.05, 0.1) is 30.2 Å². The van der Waals surface area contributed by atoms with E-state index in [0.717, 1.165) is 0 Å². The van der Waals surface area contributed by atoms with Gasteiger partial charge < -0.3 is 4.74 Å². The number of hydrogen-bond acceptors (Lipinski definition) is 3. The minimum atomic E-state index is -4.61. The molecule has 0 radical (unpaired) electrons. The fourth-order valence-electron chi connectivity index (χ4n) is 1.99. The molecule has 0 fully saturated rings. The van der Waals surface area contributed by atoms with Crippen molar-refractivity contribution in [3.8, 4) is 6.07 Å². The number of aryl methyl sites for hydroxylation is 1. The number of alkyl halides is 3. The van der Waals surface area contributed by atoms with Gasteiger partial charge in [-0.15, -0.1) is 0 Å². The van der Waals surface area contributed by atoms with Crippen LogP contribution in [0.4, 0.5) is 13.2 Å². The third-order valence-electron chi connectivity index (χ3n) is 2.81. The Morgan fingerprint density at radius 2 is 2.00 bits per heavy atom. The molecule has 20 heavy (non-hydrogen) atoms. The zero-order chi connectivity index (χ0) is 15.3. The number of carbonyl (C=O) groups is 1. The molecule has 6 heteroatoms. The molecule has 3 nitrogen and oxygen atoms in total. The molecule has 1 aromatic carbocycles. The maximum absolute atomic E-state index is 13.2. The van der Waals surface area contributed by atoms with Crippen molar-refractivity contribution >= 4 is 5.97 Å². The Bertz CT molecular complexity index is 545. The van der Waals surface area contributed by atoms with Crippen molar-refractivity contribution < 1.29 is 22.7 Å². The molecule has 0 amide bonds. The average molecular weight is 285 g/mol. The van der Waals surface area contributed by atoms with Crippen molar-refractivity contribution in [3.05, 3.63) is 34.4 Å². The number of nitrogens with zero attached hydrogens (tertiary/aromatic N) is 1.